The molecule has 0 bridgehead atoms. The van der Waals surface area contributed by atoms with Crippen molar-refractivity contribution in [3.05, 3.63) is 36.5 Å². The van der Waals surface area contributed by atoms with Crippen LogP contribution >= 0.6 is 0 Å². The predicted molar refractivity (Wildman–Crippen MR) is 319 cm³/mol. The third-order valence-electron chi connectivity index (χ3n) is 16.5. The molecule has 0 aromatic rings. The average Bonchev–Trinajstić information content (AvgIpc) is 3.25. The lowest BCUT2D eigenvalue weighted by molar-refractivity contribution is -0.379. The van der Waals surface area contributed by atoms with Gasteiger partial charge in [0.15, 0.2) is 18.9 Å². The van der Waals surface area contributed by atoms with Crippen LogP contribution in [0, 0.1) is 0 Å². The average molecular weight is 1190 g/mol. The zero-order chi connectivity index (χ0) is 60.5. The highest BCUT2D eigenvalue weighted by Crippen LogP contribution is 2.33. The van der Waals surface area contributed by atoms with Crippen molar-refractivity contribution in [2.45, 2.75) is 336 Å². The fourth-order valence-electron chi connectivity index (χ4n) is 11.2. The summed E-state index contributed by atoms with van der Waals surface area (Å²) in [4.78, 5) is 13.3. The molecule has 0 spiro atoms. The Morgan fingerprint density at radius 1 is 0.446 bits per heavy atom. The summed E-state index contributed by atoms with van der Waals surface area (Å²) >= 11 is 0. The van der Waals surface area contributed by atoms with Crippen LogP contribution in [0.3, 0.4) is 0 Å². The van der Waals surface area contributed by atoms with E-state index in [-0.39, 0.29) is 18.9 Å². The van der Waals surface area contributed by atoms with Gasteiger partial charge in [0.05, 0.1) is 38.6 Å². The maximum Gasteiger partial charge on any atom is 0.220 e. The largest absolute Gasteiger partial charge is 0.394 e. The van der Waals surface area contributed by atoms with E-state index < -0.39 is 124 Å². The molecule has 19 nitrogen and oxygen atoms in total. The van der Waals surface area contributed by atoms with Crippen molar-refractivity contribution in [1.29, 1.82) is 0 Å². The molecule has 19 heteroatoms. The van der Waals surface area contributed by atoms with Crippen LogP contribution in [-0.4, -0.2) is 193 Å². The Labute approximate surface area is 498 Å². The summed E-state index contributed by atoms with van der Waals surface area (Å²) in [5.74, 6) is -0.290. The molecule has 0 aromatic heterocycles. The van der Waals surface area contributed by atoms with Gasteiger partial charge in [-0.25, -0.2) is 0 Å². The van der Waals surface area contributed by atoms with Gasteiger partial charge in [-0.2, -0.15) is 0 Å². The second kappa shape index (κ2) is 47.1. The standard InChI is InChI=1S/C64H117NO18/c1-3-5-7-9-11-13-14-15-16-17-18-19-20-21-22-23-24-25-26-27-28-29-30-31-32-34-36-38-40-42-52(70)65-47(48(69)41-39-37-35-33-12-10-8-6-4-2)46-78-62-58(76)55(73)60(50(44-67)80-62)83-64-59(77)56(74)61(51(45-68)81-64)82-63-57(75)54(72)53(71)49(43-66)79-63/h4,6,12,33,39,41,47-51,53-64,66-69,71-77H,3,5,7-11,13-32,34-38,40,42-46H2,1-2H3,(H,65,70)/b6-4+,33-12+,41-39+. The molecular weight excluding hydrogens is 1070 g/mol. The minimum absolute atomic E-state index is 0.235. The van der Waals surface area contributed by atoms with Crippen LogP contribution in [0.5, 0.6) is 0 Å². The predicted octanol–water partition coefficient (Wildman–Crippen LogP) is 7.27. The number of hydrogen-bond acceptors (Lipinski definition) is 18. The molecule has 17 atom stereocenters. The smallest absolute Gasteiger partial charge is 0.220 e. The van der Waals surface area contributed by atoms with Gasteiger partial charge >= 0.3 is 0 Å². The van der Waals surface area contributed by atoms with Gasteiger partial charge in [0, 0.05) is 6.42 Å². The van der Waals surface area contributed by atoms with Gasteiger partial charge < -0.3 is 89.9 Å². The van der Waals surface area contributed by atoms with Crippen molar-refractivity contribution in [3.63, 3.8) is 0 Å². The van der Waals surface area contributed by atoms with Crippen molar-refractivity contribution in [1.82, 2.24) is 5.32 Å². The summed E-state index contributed by atoms with van der Waals surface area (Å²) in [7, 11) is 0. The molecule has 83 heavy (non-hydrogen) atoms. The van der Waals surface area contributed by atoms with Gasteiger partial charge in [-0.05, 0) is 39.0 Å². The Morgan fingerprint density at radius 3 is 1.20 bits per heavy atom. The zero-order valence-corrected chi connectivity index (χ0v) is 50.9. The van der Waals surface area contributed by atoms with E-state index in [9.17, 15) is 61.0 Å². The number of carbonyl (C=O) groups excluding carboxylic acids is 1. The maximum atomic E-state index is 13.3. The molecule has 3 rings (SSSR count). The highest BCUT2D eigenvalue weighted by atomic mass is 16.8. The van der Waals surface area contributed by atoms with Crippen molar-refractivity contribution in [2.24, 2.45) is 0 Å². The Morgan fingerprint density at radius 2 is 0.795 bits per heavy atom. The number of aliphatic hydroxyl groups is 11. The Balaban J connectivity index is 1.36. The summed E-state index contributed by atoms with van der Waals surface area (Å²) in [6, 6.07) is -0.992. The monoisotopic (exact) mass is 1190 g/mol. The molecule has 3 aliphatic heterocycles. The van der Waals surface area contributed by atoms with Crippen LogP contribution in [0.2, 0.25) is 0 Å². The number of ether oxygens (including phenoxy) is 6. The molecule has 486 valence electrons. The Kier molecular flexibility index (Phi) is 42.7. The molecule has 3 heterocycles. The topological polar surface area (TPSA) is 307 Å². The molecule has 0 aromatic carbocycles. The van der Waals surface area contributed by atoms with Crippen molar-refractivity contribution >= 4 is 5.91 Å². The SMILES string of the molecule is C/C=C/CC/C=C/CC/C=C/C(O)C(COC1OC(CO)C(OC2OC(CO)C(OC3OC(CO)C(O)C(O)C3O)C(O)C2O)C(O)C1O)NC(=O)CCCCCCCCCCCCCCCCCCCCCCCCCCCCCCC. The molecular formula is C64H117NO18. The van der Waals surface area contributed by atoms with E-state index in [2.05, 4.69) is 30.5 Å². The lowest BCUT2D eigenvalue weighted by Gasteiger charge is -2.48. The first kappa shape index (κ1) is 75.3. The molecule has 3 saturated heterocycles. The highest BCUT2D eigenvalue weighted by molar-refractivity contribution is 5.76. The van der Waals surface area contributed by atoms with E-state index in [0.29, 0.717) is 12.8 Å². The number of hydrogen-bond donors (Lipinski definition) is 12. The van der Waals surface area contributed by atoms with Gasteiger partial charge in [0.25, 0.3) is 0 Å². The first-order valence-electron chi connectivity index (χ1n) is 32.7. The molecule has 17 unspecified atom stereocenters. The van der Waals surface area contributed by atoms with Crippen molar-refractivity contribution in [2.75, 3.05) is 26.4 Å². The third kappa shape index (κ3) is 30.2. The maximum absolute atomic E-state index is 13.3. The third-order valence-corrected chi connectivity index (χ3v) is 16.5. The number of allylic oxidation sites excluding steroid dienone is 5. The lowest BCUT2D eigenvalue weighted by atomic mass is 9.96. The normalized spacial score (nSPS) is 29.6. The van der Waals surface area contributed by atoms with Crippen LogP contribution in [0.1, 0.15) is 232 Å². The number of carbonyl (C=O) groups is 1. The number of aliphatic hydroxyl groups excluding tert-OH is 11. The Hall–Kier alpha value is -1.99. The van der Waals surface area contributed by atoms with E-state index in [4.69, 9.17) is 28.4 Å². The first-order chi connectivity index (χ1) is 40.3. The summed E-state index contributed by atoms with van der Waals surface area (Å²) in [6.07, 6.45) is 26.3. The van der Waals surface area contributed by atoms with Gasteiger partial charge in [0.1, 0.15) is 73.2 Å². The van der Waals surface area contributed by atoms with Crippen molar-refractivity contribution in [3.8, 4) is 0 Å². The van der Waals surface area contributed by atoms with E-state index in [1.54, 1.807) is 6.08 Å². The van der Waals surface area contributed by atoms with Crippen LogP contribution in [0.25, 0.3) is 0 Å². The number of unbranched alkanes of at least 4 members (excludes halogenated alkanes) is 30. The summed E-state index contributed by atoms with van der Waals surface area (Å²) in [5.41, 5.74) is 0. The first-order valence-corrected chi connectivity index (χ1v) is 32.7. The second-order valence-corrected chi connectivity index (χ2v) is 23.6. The fourth-order valence-corrected chi connectivity index (χ4v) is 11.2. The van der Waals surface area contributed by atoms with E-state index in [1.807, 2.05) is 19.1 Å². The highest BCUT2D eigenvalue weighted by Gasteiger charge is 2.53. The van der Waals surface area contributed by atoms with Crippen LogP contribution in [-0.2, 0) is 33.2 Å². The number of amides is 1. The van der Waals surface area contributed by atoms with Crippen LogP contribution in [0.15, 0.2) is 36.5 Å². The van der Waals surface area contributed by atoms with Crippen molar-refractivity contribution < 1.29 is 89.4 Å². The number of rotatable bonds is 49. The molecule has 1 amide bonds. The molecule has 3 aliphatic rings. The quantitative estimate of drug-likeness (QED) is 0.0211. The minimum Gasteiger partial charge on any atom is -0.394 e. The molecule has 0 saturated carbocycles. The second-order valence-electron chi connectivity index (χ2n) is 23.6. The van der Waals surface area contributed by atoms with Crippen LogP contribution < -0.4 is 5.32 Å². The van der Waals surface area contributed by atoms with Gasteiger partial charge in [-0.1, -0.05) is 223 Å². The van der Waals surface area contributed by atoms with Crippen LogP contribution in [0.4, 0.5) is 0 Å². The molecule has 0 aliphatic carbocycles. The Bertz CT molecular complexity index is 1660. The number of nitrogens with one attached hydrogen (secondary N) is 1. The lowest BCUT2D eigenvalue weighted by Crippen LogP contribution is -2.66. The summed E-state index contributed by atoms with van der Waals surface area (Å²) in [5, 5.41) is 120. The zero-order valence-electron chi connectivity index (χ0n) is 50.9. The van der Waals surface area contributed by atoms with Gasteiger partial charge in [-0.3, -0.25) is 4.79 Å². The van der Waals surface area contributed by atoms with E-state index in [1.165, 1.54) is 161 Å². The van der Waals surface area contributed by atoms with Gasteiger partial charge in [-0.15, -0.1) is 0 Å². The minimum atomic E-state index is -1.98. The summed E-state index contributed by atoms with van der Waals surface area (Å²) in [6.45, 7) is 1.47. The molecule has 0 radical (unpaired) electrons. The van der Waals surface area contributed by atoms with Gasteiger partial charge in [0.2, 0.25) is 5.91 Å². The molecule has 3 fully saturated rings. The molecule has 12 N–H and O–H groups in total. The summed E-state index contributed by atoms with van der Waals surface area (Å²) < 4.78 is 34.2. The van der Waals surface area contributed by atoms with E-state index in [0.717, 1.165) is 38.5 Å². The van der Waals surface area contributed by atoms with E-state index >= 15 is 0 Å². The fraction of sp³-hybridized carbons (Fsp3) is 0.891.